The fourth-order valence-electron chi connectivity index (χ4n) is 1.63. The molecule has 0 radical (unpaired) electrons. The molecule has 6 heteroatoms. The molecule has 1 heterocycles. The number of hydrogen-bond donors (Lipinski definition) is 1. The second-order valence-corrected chi connectivity index (χ2v) is 5.43. The Bertz CT molecular complexity index is 558. The number of rotatable bonds is 5. The van der Waals surface area contributed by atoms with Crippen molar-refractivity contribution >= 4 is 47.0 Å². The van der Waals surface area contributed by atoms with Gasteiger partial charge in [0.25, 0.3) is 0 Å². The smallest absolute Gasteiger partial charge is 0.308 e. The Kier molecular flexibility index (Phi) is 6.85. The highest BCUT2D eigenvalue weighted by molar-refractivity contribution is 7.09. The van der Waals surface area contributed by atoms with Crippen LogP contribution in [0.5, 0.6) is 5.75 Å². The summed E-state index contributed by atoms with van der Waals surface area (Å²) in [5.74, 6) is 0.0123. The lowest BCUT2D eigenvalue weighted by molar-refractivity contribution is -0.131. The molecule has 0 aliphatic rings. The van der Waals surface area contributed by atoms with Gasteiger partial charge in [0.2, 0.25) is 0 Å². The minimum atomic E-state index is -0.375. The van der Waals surface area contributed by atoms with Gasteiger partial charge in [-0.15, -0.1) is 23.7 Å². The number of benzene rings is 1. The van der Waals surface area contributed by atoms with Gasteiger partial charge in [-0.25, -0.2) is 0 Å². The highest BCUT2D eigenvalue weighted by Crippen LogP contribution is 2.27. The number of hydrogen-bond acceptors (Lipinski definition) is 4. The van der Waals surface area contributed by atoms with Crippen molar-refractivity contribution in [3.8, 4) is 5.75 Å². The molecule has 0 aliphatic carbocycles. The summed E-state index contributed by atoms with van der Waals surface area (Å²) in [4.78, 5) is 12.2. The fourth-order valence-corrected chi connectivity index (χ4v) is 2.56. The number of anilines is 1. The molecule has 1 N–H and O–H groups in total. The third kappa shape index (κ3) is 5.04. The summed E-state index contributed by atoms with van der Waals surface area (Å²) in [5.41, 5.74) is 0.914. The first-order valence-corrected chi connectivity index (χ1v) is 7.15. The summed E-state index contributed by atoms with van der Waals surface area (Å²) >= 11 is 7.78. The molecule has 0 saturated heterocycles. The Labute approximate surface area is 133 Å². The zero-order chi connectivity index (χ0) is 13.7. The lowest BCUT2D eigenvalue weighted by Gasteiger charge is -2.08. The van der Waals surface area contributed by atoms with Crippen LogP contribution in [0.1, 0.15) is 11.8 Å². The quantitative estimate of drug-likeness (QED) is 0.651. The van der Waals surface area contributed by atoms with E-state index in [4.69, 9.17) is 16.3 Å². The molecule has 0 bridgehead atoms. The summed E-state index contributed by atoms with van der Waals surface area (Å²) in [6.07, 6.45) is 0.973. The molecule has 1 aromatic carbocycles. The van der Waals surface area contributed by atoms with Crippen LogP contribution in [0, 0.1) is 0 Å². The molecule has 0 unspecified atom stereocenters. The second kappa shape index (κ2) is 8.15. The molecule has 20 heavy (non-hydrogen) atoms. The highest BCUT2D eigenvalue weighted by atomic mass is 35.5. The standard InChI is InChI=1S/C14H14ClNO2S.ClH/c1-10(17)18-14-5-4-11(9-13(14)15)16-7-6-12-3-2-8-19-12;/h2-5,8-9,16H,6-7H2,1H3;1H. The van der Waals surface area contributed by atoms with Crippen molar-refractivity contribution in [1.29, 1.82) is 0 Å². The van der Waals surface area contributed by atoms with Crippen LogP contribution in [0.4, 0.5) is 5.69 Å². The largest absolute Gasteiger partial charge is 0.425 e. The number of carbonyl (C=O) groups excluding carboxylic acids is 1. The molecular weight excluding hydrogens is 317 g/mol. The van der Waals surface area contributed by atoms with Crippen LogP contribution in [0.3, 0.4) is 0 Å². The maximum Gasteiger partial charge on any atom is 0.308 e. The molecule has 0 saturated carbocycles. The molecule has 0 aliphatic heterocycles. The topological polar surface area (TPSA) is 38.3 Å². The third-order valence-electron chi connectivity index (χ3n) is 2.47. The van der Waals surface area contributed by atoms with Gasteiger partial charge >= 0.3 is 5.97 Å². The Morgan fingerprint density at radius 1 is 1.40 bits per heavy atom. The Balaban J connectivity index is 0.00000200. The van der Waals surface area contributed by atoms with Gasteiger partial charge in [0.05, 0.1) is 5.02 Å². The molecule has 0 amide bonds. The van der Waals surface area contributed by atoms with Crippen molar-refractivity contribution in [3.05, 3.63) is 45.6 Å². The van der Waals surface area contributed by atoms with Crippen LogP contribution in [0.2, 0.25) is 5.02 Å². The van der Waals surface area contributed by atoms with Crippen LogP contribution >= 0.6 is 35.3 Å². The average Bonchev–Trinajstić information content (AvgIpc) is 2.85. The zero-order valence-electron chi connectivity index (χ0n) is 10.9. The molecule has 108 valence electrons. The van der Waals surface area contributed by atoms with Crippen LogP contribution in [-0.4, -0.2) is 12.5 Å². The number of esters is 1. The molecule has 2 rings (SSSR count). The number of thiophene rings is 1. The van der Waals surface area contributed by atoms with E-state index in [0.717, 1.165) is 18.7 Å². The van der Waals surface area contributed by atoms with Crippen molar-refractivity contribution in [2.75, 3.05) is 11.9 Å². The molecule has 2 aromatic rings. The molecule has 0 spiro atoms. The minimum Gasteiger partial charge on any atom is -0.425 e. The summed E-state index contributed by atoms with van der Waals surface area (Å²) in [6, 6.07) is 9.46. The van der Waals surface area contributed by atoms with Gasteiger partial charge in [-0.3, -0.25) is 4.79 Å². The number of ether oxygens (including phenoxy) is 1. The number of nitrogens with one attached hydrogen (secondary N) is 1. The maximum absolute atomic E-state index is 10.9. The molecule has 3 nitrogen and oxygen atoms in total. The molecular formula is C14H15Cl2NO2S. The third-order valence-corrected chi connectivity index (χ3v) is 3.70. The predicted octanol–water partition coefficient (Wildman–Crippen LogP) is 4.40. The van der Waals surface area contributed by atoms with E-state index in [-0.39, 0.29) is 18.4 Å². The van der Waals surface area contributed by atoms with E-state index in [0.29, 0.717) is 10.8 Å². The van der Waals surface area contributed by atoms with Crippen molar-refractivity contribution in [2.24, 2.45) is 0 Å². The summed E-state index contributed by atoms with van der Waals surface area (Å²) < 4.78 is 4.97. The summed E-state index contributed by atoms with van der Waals surface area (Å²) in [6.45, 7) is 2.19. The van der Waals surface area contributed by atoms with Gasteiger partial charge in [-0.2, -0.15) is 0 Å². The minimum absolute atomic E-state index is 0. The Morgan fingerprint density at radius 2 is 2.20 bits per heavy atom. The normalized spacial score (nSPS) is 9.70. The van der Waals surface area contributed by atoms with E-state index in [1.54, 1.807) is 23.5 Å². The van der Waals surface area contributed by atoms with Crippen molar-refractivity contribution < 1.29 is 9.53 Å². The van der Waals surface area contributed by atoms with E-state index in [1.165, 1.54) is 11.8 Å². The zero-order valence-corrected chi connectivity index (χ0v) is 13.3. The van der Waals surface area contributed by atoms with Gasteiger partial charge < -0.3 is 10.1 Å². The first-order valence-electron chi connectivity index (χ1n) is 5.89. The predicted molar refractivity (Wildman–Crippen MR) is 86.5 cm³/mol. The SMILES string of the molecule is CC(=O)Oc1ccc(NCCc2cccs2)cc1Cl.Cl. The molecule has 1 aromatic heterocycles. The number of carbonyl (C=O) groups is 1. The lowest BCUT2D eigenvalue weighted by atomic mass is 10.3. The van der Waals surface area contributed by atoms with E-state index >= 15 is 0 Å². The van der Waals surface area contributed by atoms with E-state index < -0.39 is 0 Å². The van der Waals surface area contributed by atoms with Crippen molar-refractivity contribution in [3.63, 3.8) is 0 Å². The van der Waals surface area contributed by atoms with Gasteiger partial charge in [-0.1, -0.05) is 17.7 Å². The molecule has 0 fully saturated rings. The number of halogens is 2. The Hall–Kier alpha value is -1.23. The second-order valence-electron chi connectivity index (χ2n) is 3.99. The van der Waals surface area contributed by atoms with E-state index in [1.807, 2.05) is 12.1 Å². The maximum atomic E-state index is 10.9. The van der Waals surface area contributed by atoms with Crippen LogP contribution < -0.4 is 10.1 Å². The van der Waals surface area contributed by atoms with Crippen molar-refractivity contribution in [2.45, 2.75) is 13.3 Å². The first-order chi connectivity index (χ1) is 9.15. The van der Waals surface area contributed by atoms with Crippen LogP contribution in [0.15, 0.2) is 35.7 Å². The monoisotopic (exact) mass is 331 g/mol. The highest BCUT2D eigenvalue weighted by Gasteiger charge is 2.05. The lowest BCUT2D eigenvalue weighted by Crippen LogP contribution is -2.05. The van der Waals surface area contributed by atoms with E-state index in [9.17, 15) is 4.79 Å². The molecule has 0 atom stereocenters. The average molecular weight is 332 g/mol. The fraction of sp³-hybridized carbons (Fsp3) is 0.214. The Morgan fingerprint density at radius 3 is 2.80 bits per heavy atom. The van der Waals surface area contributed by atoms with E-state index in [2.05, 4.69) is 16.8 Å². The van der Waals surface area contributed by atoms with Gasteiger partial charge in [0, 0.05) is 24.0 Å². The van der Waals surface area contributed by atoms with Gasteiger partial charge in [0.1, 0.15) is 5.75 Å². The summed E-state index contributed by atoms with van der Waals surface area (Å²) in [5, 5.41) is 5.78. The first kappa shape index (κ1) is 16.8. The van der Waals surface area contributed by atoms with Crippen LogP contribution in [-0.2, 0) is 11.2 Å². The van der Waals surface area contributed by atoms with Crippen LogP contribution in [0.25, 0.3) is 0 Å². The van der Waals surface area contributed by atoms with Gasteiger partial charge in [-0.05, 0) is 36.1 Å². The van der Waals surface area contributed by atoms with Crippen molar-refractivity contribution in [1.82, 2.24) is 0 Å². The van der Waals surface area contributed by atoms with Gasteiger partial charge in [0.15, 0.2) is 0 Å². The summed E-state index contributed by atoms with van der Waals surface area (Å²) in [7, 11) is 0.